The second kappa shape index (κ2) is 5.86. The van der Waals surface area contributed by atoms with Gasteiger partial charge in [0.1, 0.15) is 0 Å². The Balaban J connectivity index is 0. The van der Waals surface area contributed by atoms with Gasteiger partial charge < -0.3 is 6.15 Å². The molecule has 0 bridgehead atoms. The highest BCUT2D eigenvalue weighted by Gasteiger charge is 1.85. The van der Waals surface area contributed by atoms with Crippen LogP contribution < -0.4 is 23.2 Å². The van der Waals surface area contributed by atoms with Crippen molar-refractivity contribution in [2.75, 3.05) is 0 Å². The van der Waals surface area contributed by atoms with Gasteiger partial charge in [0.05, 0.1) is 0 Å². The number of aromatic nitrogens is 3. The minimum absolute atomic E-state index is 0. The van der Waals surface area contributed by atoms with E-state index in [1.165, 1.54) is 0 Å². The molecule has 0 aliphatic heterocycles. The highest BCUT2D eigenvalue weighted by atomic mass is 32.3. The van der Waals surface area contributed by atoms with Gasteiger partial charge in [-0.25, -0.2) is 14.4 Å². The first-order valence-corrected chi connectivity index (χ1v) is 4.21. The van der Waals surface area contributed by atoms with E-state index in [4.69, 9.17) is 17.5 Å². The van der Waals surface area contributed by atoms with Crippen molar-refractivity contribution in [3.63, 3.8) is 0 Å². The van der Waals surface area contributed by atoms with Gasteiger partial charge >= 0.3 is 27.5 Å². The fourth-order valence-electron chi connectivity index (χ4n) is 0.403. The summed E-state index contributed by atoms with van der Waals surface area (Å²) in [6.07, 6.45) is 0. The SMILES string of the molecule is N.O=S(=O)(O)O.O=c1[nH]c(=O)[nH]c(=O)[nH]1. The van der Waals surface area contributed by atoms with Gasteiger partial charge in [-0.05, 0) is 0 Å². The summed E-state index contributed by atoms with van der Waals surface area (Å²) in [5, 5.41) is 0. The normalized spacial score (nSPS) is 9.47. The first-order valence-electron chi connectivity index (χ1n) is 2.81. The number of hydrogen-bond donors (Lipinski definition) is 6. The molecule has 0 aromatic carbocycles. The molecule has 15 heavy (non-hydrogen) atoms. The summed E-state index contributed by atoms with van der Waals surface area (Å²) in [7, 11) is -4.67. The van der Waals surface area contributed by atoms with Crippen LogP contribution >= 0.6 is 0 Å². The van der Waals surface area contributed by atoms with Crippen LogP contribution in [0.4, 0.5) is 0 Å². The van der Waals surface area contributed by atoms with E-state index in [-0.39, 0.29) is 6.15 Å². The Morgan fingerprint density at radius 1 is 0.800 bits per heavy atom. The summed E-state index contributed by atoms with van der Waals surface area (Å²) in [6, 6.07) is 0. The Hall–Kier alpha value is -1.76. The van der Waals surface area contributed by atoms with Gasteiger partial charge in [-0.15, -0.1) is 0 Å². The van der Waals surface area contributed by atoms with Crippen LogP contribution in [0.5, 0.6) is 0 Å². The molecule has 0 radical (unpaired) electrons. The molecule has 12 heteroatoms. The lowest BCUT2D eigenvalue weighted by Crippen LogP contribution is -2.34. The van der Waals surface area contributed by atoms with E-state index in [2.05, 4.69) is 0 Å². The predicted molar refractivity (Wildman–Crippen MR) is 47.5 cm³/mol. The number of H-pyrrole nitrogens is 3. The smallest absolute Gasteiger partial charge is 0.344 e. The van der Waals surface area contributed by atoms with Crippen molar-refractivity contribution in [2.45, 2.75) is 0 Å². The predicted octanol–water partition coefficient (Wildman–Crippen LogP) is -2.74. The Labute approximate surface area is 81.3 Å². The molecule has 0 aliphatic rings. The molecule has 0 aliphatic carbocycles. The fourth-order valence-corrected chi connectivity index (χ4v) is 0.403. The molecule has 0 saturated carbocycles. The lowest BCUT2D eigenvalue weighted by molar-refractivity contribution is 0.381. The number of hydrogen-bond acceptors (Lipinski definition) is 6. The third kappa shape index (κ3) is 12.2. The maximum Gasteiger partial charge on any atom is 0.394 e. The third-order valence-corrected chi connectivity index (χ3v) is 0.681. The van der Waals surface area contributed by atoms with Crippen LogP contribution in [0.25, 0.3) is 0 Å². The number of rotatable bonds is 0. The molecule has 1 heterocycles. The number of nitrogens with one attached hydrogen (secondary N) is 3. The van der Waals surface area contributed by atoms with Gasteiger partial charge in [-0.1, -0.05) is 0 Å². The fraction of sp³-hybridized carbons (Fsp3) is 0. The van der Waals surface area contributed by atoms with E-state index in [9.17, 15) is 14.4 Å². The van der Waals surface area contributed by atoms with Crippen LogP contribution in [-0.2, 0) is 10.4 Å². The molecule has 1 aromatic heterocycles. The van der Waals surface area contributed by atoms with Crippen molar-refractivity contribution in [3.8, 4) is 0 Å². The van der Waals surface area contributed by atoms with Gasteiger partial charge in [-0.2, -0.15) is 8.42 Å². The summed E-state index contributed by atoms with van der Waals surface area (Å²) < 4.78 is 31.6. The van der Waals surface area contributed by atoms with Crippen LogP contribution in [0, 0.1) is 0 Å². The molecule has 11 nitrogen and oxygen atoms in total. The van der Waals surface area contributed by atoms with Crippen molar-refractivity contribution in [1.29, 1.82) is 0 Å². The van der Waals surface area contributed by atoms with Crippen LogP contribution in [0.15, 0.2) is 14.4 Å². The van der Waals surface area contributed by atoms with Crippen molar-refractivity contribution in [1.82, 2.24) is 21.1 Å². The van der Waals surface area contributed by atoms with Crippen molar-refractivity contribution >= 4 is 10.4 Å². The van der Waals surface area contributed by atoms with E-state index in [1.54, 1.807) is 15.0 Å². The molecule has 0 fully saturated rings. The van der Waals surface area contributed by atoms with E-state index < -0.39 is 27.5 Å². The quantitative estimate of drug-likeness (QED) is 0.263. The molecule has 0 saturated heterocycles. The van der Waals surface area contributed by atoms with Crippen molar-refractivity contribution < 1.29 is 17.5 Å². The molecular formula is C3H8N4O7S. The summed E-state index contributed by atoms with van der Waals surface area (Å²) in [5.74, 6) is 0. The second-order valence-corrected chi connectivity index (χ2v) is 2.71. The van der Waals surface area contributed by atoms with Gasteiger partial charge in [0.15, 0.2) is 0 Å². The minimum Gasteiger partial charge on any atom is -0.344 e. The highest BCUT2D eigenvalue weighted by Crippen LogP contribution is 1.59. The van der Waals surface area contributed by atoms with Crippen LogP contribution in [0.1, 0.15) is 0 Å². The van der Waals surface area contributed by atoms with Crippen LogP contribution in [-0.4, -0.2) is 32.5 Å². The molecule has 8 N–H and O–H groups in total. The molecule has 1 rings (SSSR count). The van der Waals surface area contributed by atoms with Crippen molar-refractivity contribution in [2.24, 2.45) is 0 Å². The topological polar surface area (TPSA) is 208 Å². The molecule has 0 atom stereocenters. The molecule has 0 spiro atoms. The zero-order valence-corrected chi connectivity index (χ0v) is 7.87. The molecule has 0 unspecified atom stereocenters. The van der Waals surface area contributed by atoms with E-state index in [1.807, 2.05) is 0 Å². The lowest BCUT2D eigenvalue weighted by atomic mass is 11.0. The van der Waals surface area contributed by atoms with Gasteiger partial charge in [0.2, 0.25) is 0 Å². The summed E-state index contributed by atoms with van der Waals surface area (Å²) >= 11 is 0. The van der Waals surface area contributed by atoms with Crippen LogP contribution in [0.3, 0.4) is 0 Å². The Morgan fingerprint density at radius 3 is 1.07 bits per heavy atom. The maximum atomic E-state index is 10.2. The lowest BCUT2D eigenvalue weighted by Gasteiger charge is -1.77. The van der Waals surface area contributed by atoms with E-state index in [0.29, 0.717) is 0 Å². The first kappa shape index (κ1) is 15.7. The van der Waals surface area contributed by atoms with Crippen molar-refractivity contribution in [3.05, 3.63) is 31.5 Å². The molecule has 0 amide bonds. The van der Waals surface area contributed by atoms with Gasteiger partial charge in [0, 0.05) is 0 Å². The van der Waals surface area contributed by atoms with Gasteiger partial charge in [-0.3, -0.25) is 24.1 Å². The molecule has 1 aromatic rings. The monoisotopic (exact) mass is 244 g/mol. The summed E-state index contributed by atoms with van der Waals surface area (Å²) in [4.78, 5) is 35.9. The Bertz CT molecular complexity index is 462. The molecule has 88 valence electrons. The third-order valence-electron chi connectivity index (χ3n) is 0.681. The second-order valence-electron chi connectivity index (χ2n) is 1.81. The standard InChI is InChI=1S/C3H3N3O3.H3N.H2O4S/c7-1-4-2(8)6-3(9)5-1;;1-5(2,3)4/h(H3,4,5,6,7,8,9);1H3;(H2,1,2,3,4). The Kier molecular flexibility index (Phi) is 6.14. The van der Waals surface area contributed by atoms with E-state index >= 15 is 0 Å². The maximum absolute atomic E-state index is 10.2. The largest absolute Gasteiger partial charge is 0.394 e. The minimum atomic E-state index is -4.67. The first-order chi connectivity index (χ1) is 6.18. The van der Waals surface area contributed by atoms with Gasteiger partial charge in [0.25, 0.3) is 0 Å². The summed E-state index contributed by atoms with van der Waals surface area (Å²) in [5.41, 5.74) is -2.41. The summed E-state index contributed by atoms with van der Waals surface area (Å²) in [6.45, 7) is 0. The Morgan fingerprint density at radius 2 is 0.933 bits per heavy atom. The average Bonchev–Trinajstić information content (AvgIpc) is 1.77. The van der Waals surface area contributed by atoms with E-state index in [0.717, 1.165) is 0 Å². The average molecular weight is 244 g/mol. The zero-order chi connectivity index (χ0) is 11.4. The zero-order valence-electron chi connectivity index (χ0n) is 7.05. The highest BCUT2D eigenvalue weighted by molar-refractivity contribution is 7.79. The van der Waals surface area contributed by atoms with Crippen LogP contribution in [0.2, 0.25) is 0 Å². The number of aromatic amines is 3. The molecular weight excluding hydrogens is 236 g/mol.